The molecule has 0 aliphatic carbocycles. The summed E-state index contributed by atoms with van der Waals surface area (Å²) >= 11 is 3.31. The van der Waals surface area contributed by atoms with Gasteiger partial charge in [-0.05, 0) is 17.7 Å². The van der Waals surface area contributed by atoms with Crippen molar-refractivity contribution >= 4 is 27.7 Å². The number of aliphatic hydroxyl groups excluding tert-OH is 1. The van der Waals surface area contributed by atoms with Crippen LogP contribution in [0.1, 0.15) is 25.0 Å². The van der Waals surface area contributed by atoms with Crippen LogP contribution in [0.5, 0.6) is 0 Å². The lowest BCUT2D eigenvalue weighted by Gasteiger charge is -2.19. The Bertz CT molecular complexity index is 472. The van der Waals surface area contributed by atoms with Gasteiger partial charge in [-0.1, -0.05) is 35.0 Å². The van der Waals surface area contributed by atoms with Crippen molar-refractivity contribution in [1.82, 2.24) is 4.90 Å². The molecule has 0 spiro atoms. The van der Waals surface area contributed by atoms with Crippen molar-refractivity contribution in [3.8, 4) is 0 Å². The van der Waals surface area contributed by atoms with E-state index in [9.17, 15) is 14.7 Å². The minimum absolute atomic E-state index is 0.0314. The van der Waals surface area contributed by atoms with Gasteiger partial charge < -0.3 is 5.11 Å². The van der Waals surface area contributed by atoms with Gasteiger partial charge in [0.05, 0.1) is 12.6 Å². The minimum Gasteiger partial charge on any atom is -0.387 e. The number of carbonyl (C=O) groups is 2. The third-order valence-electron chi connectivity index (χ3n) is 3.08. The second-order valence-corrected chi connectivity index (χ2v) is 5.43. The van der Waals surface area contributed by atoms with Crippen LogP contribution < -0.4 is 0 Å². The lowest BCUT2D eigenvalue weighted by Crippen LogP contribution is -2.34. The largest absolute Gasteiger partial charge is 0.387 e. The highest BCUT2D eigenvalue weighted by Gasteiger charge is 2.36. The fourth-order valence-corrected chi connectivity index (χ4v) is 2.27. The average Bonchev–Trinajstić information content (AvgIpc) is 2.57. The summed E-state index contributed by atoms with van der Waals surface area (Å²) in [6, 6.07) is 7.16. The molecule has 96 valence electrons. The summed E-state index contributed by atoms with van der Waals surface area (Å²) in [7, 11) is 0. The Labute approximate surface area is 114 Å². The lowest BCUT2D eigenvalue weighted by atomic mass is 10.1. The van der Waals surface area contributed by atoms with Crippen molar-refractivity contribution in [3.05, 3.63) is 34.3 Å². The molecule has 1 aromatic rings. The van der Waals surface area contributed by atoms with Gasteiger partial charge >= 0.3 is 0 Å². The van der Waals surface area contributed by atoms with E-state index in [0.29, 0.717) is 5.56 Å². The number of halogens is 1. The van der Waals surface area contributed by atoms with Gasteiger partial charge in [0.1, 0.15) is 0 Å². The van der Waals surface area contributed by atoms with Crippen LogP contribution in [0, 0.1) is 5.92 Å². The molecule has 1 heterocycles. The Kier molecular flexibility index (Phi) is 3.82. The monoisotopic (exact) mass is 311 g/mol. The van der Waals surface area contributed by atoms with Crippen LogP contribution in [0.3, 0.4) is 0 Å². The first-order chi connectivity index (χ1) is 8.49. The number of benzene rings is 1. The van der Waals surface area contributed by atoms with Crippen LogP contribution in [0.15, 0.2) is 28.7 Å². The average molecular weight is 312 g/mol. The van der Waals surface area contributed by atoms with E-state index in [-0.39, 0.29) is 30.7 Å². The predicted octanol–water partition coefficient (Wildman–Crippen LogP) is 1.88. The molecule has 2 rings (SSSR count). The fourth-order valence-electron chi connectivity index (χ4n) is 2.00. The van der Waals surface area contributed by atoms with E-state index in [1.54, 1.807) is 19.1 Å². The number of nitrogens with zero attached hydrogens (tertiary/aromatic N) is 1. The first-order valence-electron chi connectivity index (χ1n) is 5.76. The molecule has 18 heavy (non-hydrogen) atoms. The van der Waals surface area contributed by atoms with E-state index in [1.807, 2.05) is 12.1 Å². The second-order valence-electron chi connectivity index (χ2n) is 4.52. The van der Waals surface area contributed by atoms with Gasteiger partial charge in [-0.2, -0.15) is 0 Å². The molecule has 2 atom stereocenters. The highest BCUT2D eigenvalue weighted by Crippen LogP contribution is 2.23. The lowest BCUT2D eigenvalue weighted by molar-refractivity contribution is -0.140. The highest BCUT2D eigenvalue weighted by molar-refractivity contribution is 9.10. The Morgan fingerprint density at radius 2 is 2.00 bits per heavy atom. The third-order valence-corrected chi connectivity index (χ3v) is 3.61. The van der Waals surface area contributed by atoms with Gasteiger partial charge in [-0.15, -0.1) is 0 Å². The summed E-state index contributed by atoms with van der Waals surface area (Å²) in [5.41, 5.74) is 0.693. The molecule has 0 bridgehead atoms. The molecule has 0 aromatic heterocycles. The molecule has 1 saturated heterocycles. The van der Waals surface area contributed by atoms with E-state index >= 15 is 0 Å². The minimum atomic E-state index is -0.837. The number of rotatable bonds is 3. The zero-order valence-electron chi connectivity index (χ0n) is 9.97. The van der Waals surface area contributed by atoms with Crippen LogP contribution in [0.2, 0.25) is 0 Å². The van der Waals surface area contributed by atoms with Crippen LogP contribution in [-0.4, -0.2) is 28.4 Å². The van der Waals surface area contributed by atoms with E-state index < -0.39 is 6.10 Å². The Hall–Kier alpha value is -1.20. The summed E-state index contributed by atoms with van der Waals surface area (Å²) in [4.78, 5) is 24.5. The molecule has 0 radical (unpaired) electrons. The van der Waals surface area contributed by atoms with Gasteiger partial charge in [0, 0.05) is 16.8 Å². The van der Waals surface area contributed by atoms with Crippen molar-refractivity contribution in [2.24, 2.45) is 5.92 Å². The van der Waals surface area contributed by atoms with Gasteiger partial charge in [0.15, 0.2) is 0 Å². The molecule has 2 amide bonds. The fraction of sp³-hybridized carbons (Fsp3) is 0.385. The standard InChI is InChI=1S/C13H14BrNO3/c1-8-6-12(17)15(13(8)18)7-11(16)9-2-4-10(14)5-3-9/h2-5,8,11,16H,6-7H2,1H3/t8-,11+/m0/s1. The van der Waals surface area contributed by atoms with E-state index in [4.69, 9.17) is 0 Å². The summed E-state index contributed by atoms with van der Waals surface area (Å²) in [6.45, 7) is 1.76. The zero-order chi connectivity index (χ0) is 13.3. The molecule has 0 saturated carbocycles. The van der Waals surface area contributed by atoms with Crippen LogP contribution in [0.25, 0.3) is 0 Å². The number of imide groups is 1. The molecule has 1 aliphatic rings. The first-order valence-corrected chi connectivity index (χ1v) is 6.56. The maximum absolute atomic E-state index is 11.7. The quantitative estimate of drug-likeness (QED) is 0.867. The first kappa shape index (κ1) is 13.2. The molecule has 1 aliphatic heterocycles. The molecule has 1 fully saturated rings. The third kappa shape index (κ3) is 2.62. The highest BCUT2D eigenvalue weighted by atomic mass is 79.9. The number of β-amino-alcohol motifs (C(OH)–C–C–N with tert-alkyl or cyclic N) is 1. The van der Waals surface area contributed by atoms with Gasteiger partial charge in [-0.25, -0.2) is 0 Å². The predicted molar refractivity (Wildman–Crippen MR) is 69.6 cm³/mol. The number of aliphatic hydroxyl groups is 1. The second kappa shape index (κ2) is 5.20. The van der Waals surface area contributed by atoms with Crippen molar-refractivity contribution in [2.75, 3.05) is 6.54 Å². The topological polar surface area (TPSA) is 57.6 Å². The molecular formula is C13H14BrNO3. The Morgan fingerprint density at radius 1 is 1.39 bits per heavy atom. The number of hydrogen-bond donors (Lipinski definition) is 1. The summed E-state index contributed by atoms with van der Waals surface area (Å²) in [6.07, 6.45) is -0.595. The van der Waals surface area contributed by atoms with Crippen LogP contribution in [0.4, 0.5) is 0 Å². The van der Waals surface area contributed by atoms with Gasteiger partial charge in [0.2, 0.25) is 11.8 Å². The summed E-state index contributed by atoms with van der Waals surface area (Å²) < 4.78 is 0.917. The number of amides is 2. The maximum atomic E-state index is 11.7. The van der Waals surface area contributed by atoms with E-state index in [1.165, 1.54) is 0 Å². The molecule has 4 nitrogen and oxygen atoms in total. The maximum Gasteiger partial charge on any atom is 0.232 e. The zero-order valence-corrected chi connectivity index (χ0v) is 11.6. The SMILES string of the molecule is C[C@H]1CC(=O)N(C[C@@H](O)c2ccc(Br)cc2)C1=O. The normalized spacial score (nSPS) is 21.5. The molecule has 0 unspecified atom stereocenters. The number of likely N-dealkylation sites (tertiary alicyclic amines) is 1. The van der Waals surface area contributed by atoms with E-state index in [2.05, 4.69) is 15.9 Å². The number of carbonyl (C=O) groups excluding carboxylic acids is 2. The smallest absolute Gasteiger partial charge is 0.232 e. The summed E-state index contributed by atoms with van der Waals surface area (Å²) in [5, 5.41) is 10.0. The molecule has 1 N–H and O–H groups in total. The van der Waals surface area contributed by atoms with Crippen LogP contribution >= 0.6 is 15.9 Å². The molecular weight excluding hydrogens is 298 g/mol. The van der Waals surface area contributed by atoms with E-state index in [0.717, 1.165) is 9.37 Å². The van der Waals surface area contributed by atoms with Crippen molar-refractivity contribution in [2.45, 2.75) is 19.4 Å². The van der Waals surface area contributed by atoms with Crippen molar-refractivity contribution in [1.29, 1.82) is 0 Å². The Morgan fingerprint density at radius 3 is 2.50 bits per heavy atom. The summed E-state index contributed by atoms with van der Waals surface area (Å²) in [5.74, 6) is -0.672. The van der Waals surface area contributed by atoms with Gasteiger partial charge in [0.25, 0.3) is 0 Å². The Balaban J connectivity index is 2.07. The molecule has 1 aromatic carbocycles. The van der Waals surface area contributed by atoms with Gasteiger partial charge in [-0.3, -0.25) is 14.5 Å². The van der Waals surface area contributed by atoms with Crippen molar-refractivity contribution in [3.63, 3.8) is 0 Å². The van der Waals surface area contributed by atoms with Crippen molar-refractivity contribution < 1.29 is 14.7 Å². The molecule has 5 heteroatoms. The number of hydrogen-bond acceptors (Lipinski definition) is 3. The van der Waals surface area contributed by atoms with Crippen LogP contribution in [-0.2, 0) is 9.59 Å².